The molecule has 0 aromatic heterocycles. The molecule has 0 heterocycles. The molecule has 0 spiro atoms. The quantitative estimate of drug-likeness (QED) is 0.254. The lowest BCUT2D eigenvalue weighted by Crippen LogP contribution is -2.28. The highest BCUT2D eigenvalue weighted by Crippen LogP contribution is 2.34. The van der Waals surface area contributed by atoms with Crippen LogP contribution in [-0.2, 0) is 0 Å². The summed E-state index contributed by atoms with van der Waals surface area (Å²) in [4.78, 5) is 0. The number of hydrogen-bond donors (Lipinski definition) is 0. The average Bonchev–Trinajstić information content (AvgIpc) is 2.57. The van der Waals surface area contributed by atoms with Crippen molar-refractivity contribution in [3.05, 3.63) is 0 Å². The van der Waals surface area contributed by atoms with Gasteiger partial charge in [0.2, 0.25) is 0 Å². The molecule has 0 rings (SSSR count). The summed E-state index contributed by atoms with van der Waals surface area (Å²) in [7, 11) is 0. The summed E-state index contributed by atoms with van der Waals surface area (Å²) in [5.74, 6) is 5.74. The lowest BCUT2D eigenvalue weighted by molar-refractivity contribution is 0.337. The lowest BCUT2D eigenvalue weighted by atomic mass is 9.90. The Kier molecular flexibility index (Phi) is 14.9. The summed E-state index contributed by atoms with van der Waals surface area (Å²) in [6.07, 6.45) is 8.27. The Bertz CT molecular complexity index is 241. The largest absolute Gasteiger partial charge is 0.262 e. The summed E-state index contributed by atoms with van der Waals surface area (Å²) in [6.45, 7) is 22.1. The molecule has 0 amide bonds. The summed E-state index contributed by atoms with van der Waals surface area (Å²) >= 11 is -0.659. The minimum absolute atomic E-state index is 0.659. The minimum Gasteiger partial charge on any atom is -0.0910 e. The fourth-order valence-electron chi connectivity index (χ4n) is 5.72. The molecular weight excluding hydrogens is 315 g/mol. The zero-order chi connectivity index (χ0) is 19.4. The van der Waals surface area contributed by atoms with Crippen molar-refractivity contribution in [3.8, 4) is 0 Å². The van der Waals surface area contributed by atoms with Crippen molar-refractivity contribution in [2.45, 2.75) is 117 Å². The summed E-state index contributed by atoms with van der Waals surface area (Å²) in [6, 6.07) is 0. The van der Waals surface area contributed by atoms with Crippen molar-refractivity contribution in [1.29, 1.82) is 0 Å². The molecule has 150 valence electrons. The molecule has 0 fully saturated rings. The van der Waals surface area contributed by atoms with Gasteiger partial charge >= 0.3 is 0 Å². The monoisotopic (exact) mass is 366 g/mol. The maximum atomic E-state index is 2.57. The predicted octanol–water partition coefficient (Wildman–Crippen LogP) is 8.70. The van der Waals surface area contributed by atoms with Gasteiger partial charge in [-0.1, -0.05) is 134 Å². The van der Waals surface area contributed by atoms with Crippen LogP contribution >= 0.6 is 0 Å². The van der Waals surface area contributed by atoms with Gasteiger partial charge < -0.3 is 0 Å². The fraction of sp³-hybridized carbons (Fsp3) is 1.00. The zero-order valence-corrected chi connectivity index (χ0v) is 20.6. The molecule has 0 saturated carbocycles. The smallest absolute Gasteiger partial charge is 0.0910 e. The second kappa shape index (κ2) is 14.6. The van der Waals surface area contributed by atoms with Crippen molar-refractivity contribution in [3.63, 3.8) is 0 Å². The molecule has 25 heavy (non-hydrogen) atoms. The zero-order valence-electron chi connectivity index (χ0n) is 19.4. The highest BCUT2D eigenvalue weighted by molar-refractivity contribution is 6.59. The van der Waals surface area contributed by atoms with Crippen LogP contribution in [0, 0.1) is 35.5 Å². The van der Waals surface area contributed by atoms with E-state index in [1.807, 2.05) is 0 Å². The maximum Gasteiger partial charge on any atom is 0.262 e. The van der Waals surface area contributed by atoms with Gasteiger partial charge in [-0.05, 0) is 17.8 Å². The van der Waals surface area contributed by atoms with E-state index in [9.17, 15) is 0 Å². The lowest BCUT2D eigenvalue weighted by Gasteiger charge is -2.31. The summed E-state index contributed by atoms with van der Waals surface area (Å²) in [5, 5.41) is 4.80. The molecule has 3 atom stereocenters. The number of hydrogen-bond acceptors (Lipinski definition) is 0. The van der Waals surface area contributed by atoms with Crippen LogP contribution in [0.15, 0.2) is 0 Å². The summed E-state index contributed by atoms with van der Waals surface area (Å²) in [5.41, 5.74) is 0. The Morgan fingerprint density at radius 1 is 0.440 bits per heavy atom. The maximum absolute atomic E-state index is 2.57. The molecule has 0 aromatic rings. The second-order valence-electron chi connectivity index (χ2n) is 9.23. The van der Waals surface area contributed by atoms with Crippen molar-refractivity contribution in [2.75, 3.05) is 0 Å². The minimum atomic E-state index is -0.659. The van der Waals surface area contributed by atoms with E-state index in [-0.39, 0.29) is 0 Å². The van der Waals surface area contributed by atoms with Gasteiger partial charge in [-0.25, -0.2) is 0 Å². The fourth-order valence-corrected chi connectivity index (χ4v) is 10.6. The van der Waals surface area contributed by atoms with E-state index in [4.69, 9.17) is 0 Å². The average molecular weight is 367 g/mol. The number of rotatable bonds is 15. The first-order chi connectivity index (χ1) is 11.9. The van der Waals surface area contributed by atoms with E-state index >= 15 is 0 Å². The third kappa shape index (κ3) is 9.33. The van der Waals surface area contributed by atoms with Gasteiger partial charge in [0.15, 0.2) is 0 Å². The van der Waals surface area contributed by atoms with Crippen molar-refractivity contribution in [1.82, 2.24) is 0 Å². The Balaban J connectivity index is 5.02. The van der Waals surface area contributed by atoms with Crippen LogP contribution in [-0.4, -0.2) is 14.1 Å². The van der Waals surface area contributed by atoms with Gasteiger partial charge in [-0.15, -0.1) is 0 Å². The third-order valence-electron chi connectivity index (χ3n) is 7.68. The standard InChI is InChI=1S/3C8H17.Al/c3*1-5-8(6-2)7(3)4;/h3*7-8H,3,5-6H2,1-2,4H3;. The Labute approximate surface area is 166 Å². The van der Waals surface area contributed by atoms with Gasteiger partial charge in [0.25, 0.3) is 14.1 Å². The Morgan fingerprint density at radius 3 is 0.800 bits per heavy atom. The molecule has 0 saturated heterocycles. The van der Waals surface area contributed by atoms with E-state index in [1.54, 1.807) is 15.8 Å². The highest BCUT2D eigenvalue weighted by atomic mass is 27.2. The van der Waals surface area contributed by atoms with Crippen LogP contribution in [0.3, 0.4) is 0 Å². The van der Waals surface area contributed by atoms with E-state index < -0.39 is 14.1 Å². The molecule has 0 bridgehead atoms. The van der Waals surface area contributed by atoms with Crippen LogP contribution in [0.25, 0.3) is 0 Å². The highest BCUT2D eigenvalue weighted by Gasteiger charge is 2.30. The van der Waals surface area contributed by atoms with Crippen molar-refractivity contribution >= 4 is 14.1 Å². The van der Waals surface area contributed by atoms with E-state index in [2.05, 4.69) is 62.3 Å². The molecule has 0 aliphatic rings. The van der Waals surface area contributed by atoms with Gasteiger partial charge in [0.1, 0.15) is 0 Å². The normalized spacial score (nSPS) is 15.8. The Morgan fingerprint density at radius 2 is 0.640 bits per heavy atom. The van der Waals surface area contributed by atoms with Gasteiger partial charge in [-0.3, -0.25) is 0 Å². The first-order valence-electron chi connectivity index (χ1n) is 11.9. The molecule has 0 N–H and O–H groups in total. The van der Waals surface area contributed by atoms with E-state index in [0.29, 0.717) is 0 Å². The van der Waals surface area contributed by atoms with Crippen molar-refractivity contribution < 1.29 is 0 Å². The van der Waals surface area contributed by atoms with Crippen LogP contribution < -0.4 is 0 Å². The van der Waals surface area contributed by atoms with Crippen LogP contribution in [0.5, 0.6) is 0 Å². The van der Waals surface area contributed by atoms with Crippen LogP contribution in [0.1, 0.15) is 101 Å². The topological polar surface area (TPSA) is 0 Å². The molecular formula is C24H51Al. The molecule has 0 aromatic carbocycles. The van der Waals surface area contributed by atoms with E-state index in [1.165, 1.54) is 38.5 Å². The SMILES string of the molecule is CCC(CC)C(C)[CH2][Al]([CH2]C(C)C(CC)CC)[CH2]C(C)C(CC)CC. The summed E-state index contributed by atoms with van der Waals surface area (Å²) < 4.78 is 0. The molecule has 0 aliphatic heterocycles. The second-order valence-corrected chi connectivity index (χ2v) is 12.4. The third-order valence-corrected chi connectivity index (χ3v) is 11.9. The first kappa shape index (κ1) is 25.5. The van der Waals surface area contributed by atoms with Crippen molar-refractivity contribution in [2.24, 2.45) is 35.5 Å². The van der Waals surface area contributed by atoms with Crippen LogP contribution in [0.4, 0.5) is 0 Å². The molecule has 3 unspecified atom stereocenters. The predicted molar refractivity (Wildman–Crippen MR) is 120 cm³/mol. The molecule has 0 radical (unpaired) electrons. The molecule has 0 aliphatic carbocycles. The van der Waals surface area contributed by atoms with Gasteiger partial charge in [0, 0.05) is 0 Å². The van der Waals surface area contributed by atoms with Crippen LogP contribution in [0.2, 0.25) is 15.8 Å². The van der Waals surface area contributed by atoms with Gasteiger partial charge in [-0.2, -0.15) is 0 Å². The molecule has 1 heteroatoms. The first-order valence-corrected chi connectivity index (χ1v) is 14.3. The van der Waals surface area contributed by atoms with Gasteiger partial charge in [0.05, 0.1) is 0 Å². The molecule has 0 nitrogen and oxygen atoms in total. The van der Waals surface area contributed by atoms with E-state index in [0.717, 1.165) is 35.5 Å². The Hall–Kier alpha value is 0.532.